The summed E-state index contributed by atoms with van der Waals surface area (Å²) in [5.41, 5.74) is 1.09. The predicted molar refractivity (Wildman–Crippen MR) is 81.8 cm³/mol. The predicted octanol–water partition coefficient (Wildman–Crippen LogP) is 3.55. The van der Waals surface area contributed by atoms with E-state index in [2.05, 4.69) is 13.0 Å². The normalized spacial score (nSPS) is 17.0. The number of thioether (sulfide) groups is 2. The molecule has 3 nitrogen and oxygen atoms in total. The van der Waals surface area contributed by atoms with Crippen molar-refractivity contribution in [3.8, 4) is 17.2 Å². The summed E-state index contributed by atoms with van der Waals surface area (Å²) in [6.07, 6.45) is 1.26. The van der Waals surface area contributed by atoms with E-state index in [0.29, 0.717) is 17.2 Å². The van der Waals surface area contributed by atoms with Crippen LogP contribution in [0.1, 0.15) is 18.9 Å². The minimum absolute atomic E-state index is 0. The fourth-order valence-corrected chi connectivity index (χ4v) is 4.95. The molecule has 20 heavy (non-hydrogen) atoms. The van der Waals surface area contributed by atoms with Crippen LogP contribution in [0.25, 0.3) is 0 Å². The summed E-state index contributed by atoms with van der Waals surface area (Å²) in [6.45, 7) is 2.23. The second kappa shape index (κ2) is 7.74. The Labute approximate surface area is 140 Å². The van der Waals surface area contributed by atoms with E-state index in [0.717, 1.165) is 5.56 Å². The van der Waals surface area contributed by atoms with Crippen molar-refractivity contribution in [1.29, 1.82) is 0 Å². The van der Waals surface area contributed by atoms with Crippen molar-refractivity contribution in [3.05, 3.63) is 17.7 Å². The van der Waals surface area contributed by atoms with Crippen LogP contribution in [0, 0.1) is 6.07 Å². The van der Waals surface area contributed by atoms with Crippen LogP contribution in [0.4, 0.5) is 0 Å². The number of rotatable bonds is 4. The maximum atomic E-state index is 5.41. The molecule has 0 aliphatic carbocycles. The monoisotopic (exact) mass is 362 g/mol. The molecule has 1 heterocycles. The molecule has 0 atom stereocenters. The standard InChI is InChI=1S/C14H19O3S2.Cu/c1-14(18-6-5-7-19-14)10-8-11(15-2)13(17-4)12(9-10)16-3;/h8H,5-7H2,1-4H3;/q-1;+1. The van der Waals surface area contributed by atoms with E-state index in [1.54, 1.807) is 21.3 Å². The molecule has 1 fully saturated rings. The molecule has 0 amide bonds. The van der Waals surface area contributed by atoms with Gasteiger partial charge in [0, 0.05) is 0 Å². The molecule has 1 aliphatic rings. The van der Waals surface area contributed by atoms with E-state index < -0.39 is 0 Å². The number of hydrogen-bond acceptors (Lipinski definition) is 5. The zero-order valence-corrected chi connectivity index (χ0v) is 14.6. The summed E-state index contributed by atoms with van der Waals surface area (Å²) in [5, 5.41) is 0. The van der Waals surface area contributed by atoms with E-state index in [4.69, 9.17) is 14.2 Å². The average Bonchev–Trinajstić information content (AvgIpc) is 2.46. The molecule has 1 aromatic carbocycles. The van der Waals surface area contributed by atoms with Gasteiger partial charge in [-0.3, -0.25) is 0 Å². The molecule has 6 heteroatoms. The Morgan fingerprint density at radius 1 is 1.10 bits per heavy atom. The van der Waals surface area contributed by atoms with Crippen LogP contribution in [0.2, 0.25) is 0 Å². The Kier molecular flexibility index (Phi) is 6.92. The molecule has 1 saturated heterocycles. The van der Waals surface area contributed by atoms with Gasteiger partial charge in [-0.1, -0.05) is 0 Å². The van der Waals surface area contributed by atoms with Gasteiger partial charge in [0.15, 0.2) is 0 Å². The summed E-state index contributed by atoms with van der Waals surface area (Å²) >= 11 is 3.90. The summed E-state index contributed by atoms with van der Waals surface area (Å²) in [5.74, 6) is 4.25. The molecule has 0 aromatic heterocycles. The van der Waals surface area contributed by atoms with Gasteiger partial charge in [-0.05, 0) is 24.9 Å². The van der Waals surface area contributed by atoms with E-state index in [1.807, 2.05) is 29.6 Å². The van der Waals surface area contributed by atoms with E-state index in [9.17, 15) is 0 Å². The summed E-state index contributed by atoms with van der Waals surface area (Å²) < 4.78 is 16.1. The van der Waals surface area contributed by atoms with Gasteiger partial charge in [-0.15, -0.1) is 41.2 Å². The van der Waals surface area contributed by atoms with E-state index >= 15 is 0 Å². The third-order valence-electron chi connectivity index (χ3n) is 3.11. The molecule has 116 valence electrons. The number of ether oxygens (including phenoxy) is 3. The zero-order valence-electron chi connectivity index (χ0n) is 12.0. The van der Waals surface area contributed by atoms with Gasteiger partial charge in [0.25, 0.3) is 0 Å². The van der Waals surface area contributed by atoms with Crippen LogP contribution in [-0.2, 0) is 21.1 Å². The van der Waals surface area contributed by atoms with Crippen LogP contribution >= 0.6 is 23.5 Å². The van der Waals surface area contributed by atoms with Crippen LogP contribution in [0.15, 0.2) is 6.07 Å². The van der Waals surface area contributed by atoms with Crippen molar-refractivity contribution in [2.24, 2.45) is 0 Å². The average molecular weight is 363 g/mol. The molecule has 2 rings (SSSR count). The van der Waals surface area contributed by atoms with Gasteiger partial charge in [0.1, 0.15) is 0 Å². The van der Waals surface area contributed by atoms with Crippen LogP contribution in [0.3, 0.4) is 0 Å². The smallest absolute Gasteiger partial charge is 0.547 e. The number of benzene rings is 1. The van der Waals surface area contributed by atoms with Gasteiger partial charge < -0.3 is 14.2 Å². The van der Waals surface area contributed by atoms with Crippen molar-refractivity contribution >= 4 is 23.5 Å². The largest absolute Gasteiger partial charge is 1.00 e. The minimum Gasteiger partial charge on any atom is -0.547 e. The number of methoxy groups -OCH3 is 3. The second-order valence-corrected chi connectivity index (χ2v) is 7.60. The fourth-order valence-electron chi connectivity index (χ4n) is 2.05. The van der Waals surface area contributed by atoms with Crippen molar-refractivity contribution in [3.63, 3.8) is 0 Å². The van der Waals surface area contributed by atoms with Crippen molar-refractivity contribution in [2.45, 2.75) is 17.4 Å². The first-order chi connectivity index (χ1) is 9.14. The van der Waals surface area contributed by atoms with E-state index in [1.165, 1.54) is 17.9 Å². The van der Waals surface area contributed by atoms with Crippen LogP contribution < -0.4 is 14.2 Å². The van der Waals surface area contributed by atoms with E-state index in [-0.39, 0.29) is 21.1 Å². The Hall–Kier alpha value is -0.161. The molecule has 0 bridgehead atoms. The zero-order chi connectivity index (χ0) is 13.9. The quantitative estimate of drug-likeness (QED) is 0.603. The van der Waals surface area contributed by atoms with Gasteiger partial charge in [-0.25, -0.2) is 0 Å². The molecule has 0 spiro atoms. The maximum Gasteiger partial charge on any atom is 1.00 e. The topological polar surface area (TPSA) is 27.7 Å². The minimum atomic E-state index is 0. The first kappa shape index (κ1) is 17.9. The second-order valence-electron chi connectivity index (χ2n) is 4.31. The van der Waals surface area contributed by atoms with Gasteiger partial charge in [-0.2, -0.15) is 0 Å². The Balaban J connectivity index is 0.00000200. The summed E-state index contributed by atoms with van der Waals surface area (Å²) in [7, 11) is 4.88. The maximum absolute atomic E-state index is 5.41. The first-order valence-corrected chi connectivity index (χ1v) is 8.12. The fraction of sp³-hybridized carbons (Fsp3) is 0.571. The summed E-state index contributed by atoms with van der Waals surface area (Å²) in [4.78, 5) is 0. The van der Waals surface area contributed by atoms with Crippen molar-refractivity contribution in [1.82, 2.24) is 0 Å². The Bertz CT molecular complexity index is 423. The van der Waals surface area contributed by atoms with Crippen molar-refractivity contribution in [2.75, 3.05) is 32.8 Å². The molecular formula is C14H19CuO3S2. The first-order valence-electron chi connectivity index (χ1n) is 6.15. The van der Waals surface area contributed by atoms with Gasteiger partial charge in [0.2, 0.25) is 0 Å². The molecule has 1 aromatic rings. The molecule has 0 radical (unpaired) electrons. The van der Waals surface area contributed by atoms with Crippen molar-refractivity contribution < 1.29 is 31.3 Å². The molecule has 0 unspecified atom stereocenters. The molecule has 0 saturated carbocycles. The molecule has 0 N–H and O–H groups in total. The third kappa shape index (κ3) is 3.53. The van der Waals surface area contributed by atoms with Gasteiger partial charge >= 0.3 is 17.1 Å². The SMILES string of the molecule is COc1[c-]c(C2(C)SCCCS2)cc(OC)c1OC.[Cu+]. The third-order valence-corrected chi connectivity index (χ3v) is 6.35. The van der Waals surface area contributed by atoms with Crippen LogP contribution in [-0.4, -0.2) is 32.8 Å². The number of hydrogen-bond donors (Lipinski definition) is 0. The Morgan fingerprint density at radius 2 is 1.75 bits per heavy atom. The van der Waals surface area contributed by atoms with Gasteiger partial charge in [0.05, 0.1) is 42.7 Å². The Morgan fingerprint density at radius 3 is 2.25 bits per heavy atom. The molecule has 1 aliphatic heterocycles. The molecular weight excluding hydrogens is 344 g/mol. The van der Waals surface area contributed by atoms with Crippen LogP contribution in [0.5, 0.6) is 17.2 Å². The summed E-state index contributed by atoms with van der Waals surface area (Å²) in [6, 6.07) is 5.34.